The predicted molar refractivity (Wildman–Crippen MR) is 124 cm³/mol. The van der Waals surface area contributed by atoms with E-state index in [1.807, 2.05) is 86.6 Å². The standard InChI is InChI=1S/C16H15ClOS.C7H6OS/c1-16(2,13-6-4-3-5-7-13)18-15(19)12-8-10-14(17)11-9-12;8-7(9)6-4-2-1-3-5-6/h3-11H,1-2H3;1-5H,(H,8,9). The third kappa shape index (κ3) is 6.71. The molecule has 0 amide bonds. The molecule has 0 aliphatic rings. The zero-order valence-electron chi connectivity index (χ0n) is 15.6. The minimum Gasteiger partial charge on any atom is -0.499 e. The molecule has 0 spiro atoms. The largest absolute Gasteiger partial charge is 0.499 e. The van der Waals surface area contributed by atoms with Gasteiger partial charge in [0.15, 0.2) is 10.1 Å². The second-order valence-electron chi connectivity index (χ2n) is 6.44. The smallest absolute Gasteiger partial charge is 0.192 e. The molecule has 3 rings (SSSR count). The molecule has 0 heterocycles. The fraction of sp³-hybridized carbons (Fsp3) is 0.130. The lowest BCUT2D eigenvalue weighted by atomic mass is 9.98. The van der Waals surface area contributed by atoms with Crippen molar-refractivity contribution in [3.8, 4) is 0 Å². The maximum absolute atomic E-state index is 8.76. The van der Waals surface area contributed by atoms with E-state index in [0.29, 0.717) is 15.6 Å². The van der Waals surface area contributed by atoms with Crippen molar-refractivity contribution in [3.63, 3.8) is 0 Å². The molecular formula is C23H21ClO2S2. The Morgan fingerprint density at radius 2 is 1.29 bits per heavy atom. The highest BCUT2D eigenvalue weighted by Crippen LogP contribution is 2.26. The summed E-state index contributed by atoms with van der Waals surface area (Å²) in [7, 11) is 0. The molecule has 0 unspecified atom stereocenters. The molecule has 1 N–H and O–H groups in total. The summed E-state index contributed by atoms with van der Waals surface area (Å²) in [6.45, 7) is 4.01. The van der Waals surface area contributed by atoms with Crippen LogP contribution in [0.3, 0.4) is 0 Å². The van der Waals surface area contributed by atoms with Gasteiger partial charge in [-0.1, -0.05) is 72.3 Å². The van der Waals surface area contributed by atoms with E-state index in [2.05, 4.69) is 12.2 Å². The first kappa shape index (κ1) is 22.0. The lowest BCUT2D eigenvalue weighted by Crippen LogP contribution is -2.25. The summed E-state index contributed by atoms with van der Waals surface area (Å²) >= 11 is 15.7. The fourth-order valence-corrected chi connectivity index (χ4v) is 2.96. The summed E-state index contributed by atoms with van der Waals surface area (Å²) in [5.74, 6) is 0. The molecule has 0 saturated heterocycles. The maximum Gasteiger partial charge on any atom is 0.192 e. The molecule has 3 aromatic rings. The van der Waals surface area contributed by atoms with Gasteiger partial charge in [0.05, 0.1) is 0 Å². The lowest BCUT2D eigenvalue weighted by Gasteiger charge is -2.27. The van der Waals surface area contributed by atoms with Crippen LogP contribution in [0.4, 0.5) is 0 Å². The summed E-state index contributed by atoms with van der Waals surface area (Å²) in [6.07, 6.45) is 0. The minimum absolute atomic E-state index is 0.0457. The molecule has 144 valence electrons. The number of rotatable bonds is 4. The number of halogens is 1. The van der Waals surface area contributed by atoms with E-state index in [-0.39, 0.29) is 5.05 Å². The Balaban J connectivity index is 0.000000261. The molecule has 0 atom stereocenters. The molecule has 2 nitrogen and oxygen atoms in total. The number of aliphatic hydroxyl groups is 1. The quantitative estimate of drug-likeness (QED) is 0.458. The zero-order chi connectivity index (χ0) is 20.6. The van der Waals surface area contributed by atoms with E-state index < -0.39 is 5.60 Å². The van der Waals surface area contributed by atoms with Crippen LogP contribution >= 0.6 is 36.0 Å². The Kier molecular flexibility index (Phi) is 8.12. The highest BCUT2D eigenvalue weighted by Gasteiger charge is 2.23. The van der Waals surface area contributed by atoms with Crippen LogP contribution in [-0.4, -0.2) is 15.2 Å². The monoisotopic (exact) mass is 428 g/mol. The van der Waals surface area contributed by atoms with Gasteiger partial charge in [0.25, 0.3) is 0 Å². The number of ether oxygens (including phenoxy) is 1. The minimum atomic E-state index is -0.460. The molecule has 3 aromatic carbocycles. The SMILES string of the molecule is CC(C)(OC(=S)c1ccc(Cl)cc1)c1ccccc1.OC(=S)c1ccccc1. The number of thiocarbonyl (C=S) groups is 2. The second-order valence-corrected chi connectivity index (χ2v) is 7.64. The lowest BCUT2D eigenvalue weighted by molar-refractivity contribution is 0.0999. The predicted octanol–water partition coefficient (Wildman–Crippen LogP) is 6.89. The van der Waals surface area contributed by atoms with Gasteiger partial charge in [-0.15, -0.1) is 0 Å². The molecule has 0 radical (unpaired) electrons. The molecule has 5 heteroatoms. The van der Waals surface area contributed by atoms with E-state index in [0.717, 1.165) is 11.1 Å². The Bertz CT molecular complexity index is 908. The van der Waals surface area contributed by atoms with Gasteiger partial charge < -0.3 is 9.84 Å². The number of hydrogen-bond donors (Lipinski definition) is 1. The van der Waals surface area contributed by atoms with Crippen molar-refractivity contribution in [1.29, 1.82) is 0 Å². The average Bonchev–Trinajstić information content (AvgIpc) is 2.70. The van der Waals surface area contributed by atoms with Gasteiger partial charge in [0.2, 0.25) is 0 Å². The van der Waals surface area contributed by atoms with Crippen molar-refractivity contribution in [1.82, 2.24) is 0 Å². The molecule has 0 fully saturated rings. The number of benzene rings is 3. The topological polar surface area (TPSA) is 29.5 Å². The fourth-order valence-electron chi connectivity index (χ4n) is 2.36. The second kappa shape index (κ2) is 10.3. The Labute approximate surface area is 181 Å². The van der Waals surface area contributed by atoms with Crippen LogP contribution in [0.25, 0.3) is 0 Å². The van der Waals surface area contributed by atoms with Gasteiger partial charge in [-0.3, -0.25) is 0 Å². The molecule has 0 aliphatic carbocycles. The van der Waals surface area contributed by atoms with Gasteiger partial charge in [-0.05, 0) is 68.1 Å². The molecule has 0 aromatic heterocycles. The maximum atomic E-state index is 8.76. The average molecular weight is 429 g/mol. The normalized spacial score (nSPS) is 10.4. The van der Waals surface area contributed by atoms with Crippen molar-refractivity contribution in [2.45, 2.75) is 19.4 Å². The van der Waals surface area contributed by atoms with Crippen LogP contribution in [-0.2, 0) is 10.3 Å². The third-order valence-electron chi connectivity index (χ3n) is 3.92. The van der Waals surface area contributed by atoms with Gasteiger partial charge in [0, 0.05) is 16.1 Å². The summed E-state index contributed by atoms with van der Waals surface area (Å²) in [6, 6.07) is 26.5. The first-order valence-corrected chi connectivity index (χ1v) is 9.82. The van der Waals surface area contributed by atoms with Crippen LogP contribution in [0, 0.1) is 0 Å². The summed E-state index contributed by atoms with van der Waals surface area (Å²) in [5, 5.41) is 9.88. The highest BCUT2D eigenvalue weighted by atomic mass is 35.5. The summed E-state index contributed by atoms with van der Waals surface area (Å²) < 4.78 is 5.94. The van der Waals surface area contributed by atoms with E-state index in [4.69, 9.17) is 33.7 Å². The Hall–Kier alpha value is -2.27. The van der Waals surface area contributed by atoms with Gasteiger partial charge in [0.1, 0.15) is 5.60 Å². The Morgan fingerprint density at radius 1 is 0.786 bits per heavy atom. The molecule has 0 aliphatic heterocycles. The van der Waals surface area contributed by atoms with Crippen LogP contribution in [0.2, 0.25) is 5.02 Å². The van der Waals surface area contributed by atoms with Crippen molar-refractivity contribution in [3.05, 3.63) is 107 Å². The van der Waals surface area contributed by atoms with Crippen molar-refractivity contribution < 1.29 is 9.84 Å². The van der Waals surface area contributed by atoms with Crippen LogP contribution in [0.1, 0.15) is 30.5 Å². The molecule has 28 heavy (non-hydrogen) atoms. The van der Waals surface area contributed by atoms with Crippen LogP contribution < -0.4 is 0 Å². The first-order chi connectivity index (χ1) is 13.3. The zero-order valence-corrected chi connectivity index (χ0v) is 18.0. The van der Waals surface area contributed by atoms with Crippen LogP contribution in [0.15, 0.2) is 84.9 Å². The van der Waals surface area contributed by atoms with Crippen LogP contribution in [0.5, 0.6) is 0 Å². The Morgan fingerprint density at radius 3 is 1.75 bits per heavy atom. The first-order valence-electron chi connectivity index (χ1n) is 8.62. The van der Waals surface area contributed by atoms with E-state index in [9.17, 15) is 0 Å². The van der Waals surface area contributed by atoms with Crippen molar-refractivity contribution in [2.24, 2.45) is 0 Å². The van der Waals surface area contributed by atoms with Gasteiger partial charge >= 0.3 is 0 Å². The third-order valence-corrected chi connectivity index (χ3v) is 4.72. The van der Waals surface area contributed by atoms with Gasteiger partial charge in [-0.25, -0.2) is 0 Å². The van der Waals surface area contributed by atoms with E-state index in [1.165, 1.54) is 0 Å². The summed E-state index contributed by atoms with van der Waals surface area (Å²) in [4.78, 5) is 0. The summed E-state index contributed by atoms with van der Waals surface area (Å²) in [5.41, 5.74) is 2.19. The van der Waals surface area contributed by atoms with Gasteiger partial charge in [-0.2, -0.15) is 0 Å². The van der Waals surface area contributed by atoms with Crippen molar-refractivity contribution in [2.75, 3.05) is 0 Å². The van der Waals surface area contributed by atoms with E-state index in [1.54, 1.807) is 12.1 Å². The highest BCUT2D eigenvalue weighted by molar-refractivity contribution is 7.80. The number of aliphatic hydroxyl groups excluding tert-OH is 1. The van der Waals surface area contributed by atoms with Crippen molar-refractivity contribution >= 4 is 46.1 Å². The molecule has 0 bridgehead atoms. The molecular weight excluding hydrogens is 408 g/mol. The van der Waals surface area contributed by atoms with E-state index >= 15 is 0 Å². The number of hydrogen-bond acceptors (Lipinski definition) is 3. The molecule has 0 saturated carbocycles.